The third-order valence-corrected chi connectivity index (χ3v) is 14.8. The standard InChI is InChI=1S/C50H58ClN9O4/c1-50(2,37-28-38(51)30-40(29-37)52-3)36-8-10-41(11-9-36)64-32-39-14-21-53-48(54-39)59-24-15-33(16-25-59)31-57-22-17-34(18-23-57)35-19-26-58(27-20-35)42-6-5-7-43-46(42)56(4)49(63)60(43)44-12-13-45(61)55-47(44)62/h5-11,14,21,28-30,33-35,44H,12-13,15-20,22-27,31-32H2,1-2,4H3,(H,55,61,62). The topological polar surface area (TPSA) is 122 Å². The number of carbonyl (C=O) groups is 2. The van der Waals surface area contributed by atoms with E-state index >= 15 is 0 Å². The maximum absolute atomic E-state index is 13.5. The van der Waals surface area contributed by atoms with Crippen molar-refractivity contribution in [3.05, 3.63) is 117 Å². The number of rotatable bonds is 11. The van der Waals surface area contributed by atoms with E-state index < -0.39 is 11.9 Å². The Morgan fingerprint density at radius 1 is 0.844 bits per heavy atom. The normalized spacial score (nSPS) is 19.8. The van der Waals surface area contributed by atoms with Gasteiger partial charge in [0.05, 0.1) is 29.0 Å². The number of carbonyl (C=O) groups excluding carboxylic acids is 2. The van der Waals surface area contributed by atoms with Gasteiger partial charge in [-0.3, -0.25) is 24.0 Å². The third kappa shape index (κ3) is 9.00. The number of anilines is 2. The van der Waals surface area contributed by atoms with E-state index in [1.54, 1.807) is 22.2 Å². The number of fused-ring (bicyclic) bond motifs is 1. The van der Waals surface area contributed by atoms with E-state index in [-0.39, 0.29) is 23.4 Å². The Hall–Kier alpha value is -5.71. The first kappa shape index (κ1) is 43.5. The highest BCUT2D eigenvalue weighted by molar-refractivity contribution is 6.31. The smallest absolute Gasteiger partial charge is 0.329 e. The summed E-state index contributed by atoms with van der Waals surface area (Å²) < 4.78 is 9.43. The van der Waals surface area contributed by atoms with Gasteiger partial charge in [0.25, 0.3) is 0 Å². The van der Waals surface area contributed by atoms with Gasteiger partial charge < -0.3 is 19.4 Å². The van der Waals surface area contributed by atoms with Crippen LogP contribution < -0.4 is 25.5 Å². The molecule has 4 aliphatic heterocycles. The number of piperidine rings is 4. The first-order chi connectivity index (χ1) is 30.9. The van der Waals surface area contributed by atoms with Crippen LogP contribution >= 0.6 is 11.6 Å². The van der Waals surface area contributed by atoms with E-state index in [1.807, 2.05) is 48.7 Å². The van der Waals surface area contributed by atoms with Crippen LogP contribution in [0.4, 0.5) is 17.3 Å². The zero-order chi connectivity index (χ0) is 44.5. The van der Waals surface area contributed by atoms with E-state index in [1.165, 1.54) is 12.8 Å². The lowest BCUT2D eigenvalue weighted by Gasteiger charge is -2.42. The fourth-order valence-corrected chi connectivity index (χ4v) is 10.9. The summed E-state index contributed by atoms with van der Waals surface area (Å²) in [7, 11) is 1.79. The maximum atomic E-state index is 13.5. The average Bonchev–Trinajstić information content (AvgIpc) is 3.57. The molecule has 0 aliphatic carbocycles. The van der Waals surface area contributed by atoms with Crippen molar-refractivity contribution < 1.29 is 14.3 Å². The summed E-state index contributed by atoms with van der Waals surface area (Å²) in [5, 5.41) is 2.98. The van der Waals surface area contributed by atoms with Gasteiger partial charge in [0.15, 0.2) is 5.69 Å². The van der Waals surface area contributed by atoms with Gasteiger partial charge in [0, 0.05) is 62.8 Å². The molecule has 2 amide bonds. The molecule has 2 aromatic heterocycles. The van der Waals surface area contributed by atoms with Crippen molar-refractivity contribution in [2.75, 3.05) is 55.6 Å². The molecule has 1 N–H and O–H groups in total. The second-order valence-corrected chi connectivity index (χ2v) is 19.2. The largest absolute Gasteiger partial charge is 0.487 e. The molecule has 5 aromatic rings. The molecule has 6 heterocycles. The molecule has 4 aliphatic rings. The first-order valence-corrected chi connectivity index (χ1v) is 23.3. The zero-order valence-electron chi connectivity index (χ0n) is 37.1. The number of ether oxygens (including phenoxy) is 1. The van der Waals surface area contributed by atoms with Gasteiger partial charge in [0.1, 0.15) is 18.4 Å². The molecule has 1 unspecified atom stereocenters. The highest BCUT2D eigenvalue weighted by Gasteiger charge is 2.35. The SMILES string of the molecule is [C-]#[N+]c1cc(Cl)cc(C(C)(C)c2ccc(OCc3ccnc(N4CCC(CN5CCC(C6CCN(c7cccc8c7n(C)c(=O)n8C7CCC(=O)NC7=O)CC6)CC5)CC4)n3)cc2)c1. The molecule has 0 bridgehead atoms. The van der Waals surface area contributed by atoms with Crippen LogP contribution in [-0.2, 0) is 28.7 Å². The Labute approximate surface area is 380 Å². The van der Waals surface area contributed by atoms with Gasteiger partial charge in [-0.05, 0) is 129 Å². The Morgan fingerprint density at radius 2 is 1.55 bits per heavy atom. The van der Waals surface area contributed by atoms with Gasteiger partial charge in [-0.25, -0.2) is 19.6 Å². The number of aryl methyl sites for hydroxylation is 1. The van der Waals surface area contributed by atoms with Crippen molar-refractivity contribution >= 4 is 51.8 Å². The quantitative estimate of drug-likeness (QED) is 0.104. The fourth-order valence-electron chi connectivity index (χ4n) is 10.7. The van der Waals surface area contributed by atoms with Crippen molar-refractivity contribution in [3.8, 4) is 5.75 Å². The number of benzene rings is 3. The number of aromatic nitrogens is 4. The predicted octanol–water partition coefficient (Wildman–Crippen LogP) is 8.06. The molecule has 14 heteroatoms. The minimum atomic E-state index is -0.681. The number of amides is 2. The Kier molecular flexibility index (Phi) is 12.5. The Morgan fingerprint density at radius 3 is 2.25 bits per heavy atom. The monoisotopic (exact) mass is 883 g/mol. The van der Waals surface area contributed by atoms with Gasteiger partial charge in [-0.2, -0.15) is 0 Å². The zero-order valence-corrected chi connectivity index (χ0v) is 37.9. The summed E-state index contributed by atoms with van der Waals surface area (Å²) in [4.78, 5) is 58.6. The highest BCUT2D eigenvalue weighted by Crippen LogP contribution is 2.38. The summed E-state index contributed by atoms with van der Waals surface area (Å²) in [5.74, 6) is 2.98. The van der Waals surface area contributed by atoms with Crippen LogP contribution in [0.2, 0.25) is 5.02 Å². The molecule has 64 heavy (non-hydrogen) atoms. The van der Waals surface area contributed by atoms with Crippen LogP contribution in [0, 0.1) is 24.3 Å². The van der Waals surface area contributed by atoms with Gasteiger partial charge in [0.2, 0.25) is 17.8 Å². The number of halogens is 1. The van der Waals surface area contributed by atoms with E-state index in [2.05, 4.69) is 61.9 Å². The maximum Gasteiger partial charge on any atom is 0.329 e. The van der Waals surface area contributed by atoms with Crippen LogP contribution in [0.25, 0.3) is 15.9 Å². The van der Waals surface area contributed by atoms with Gasteiger partial charge >= 0.3 is 5.69 Å². The molecule has 4 fully saturated rings. The van der Waals surface area contributed by atoms with E-state index in [0.717, 1.165) is 123 Å². The van der Waals surface area contributed by atoms with Crippen molar-refractivity contribution in [3.63, 3.8) is 0 Å². The molecule has 0 saturated carbocycles. The van der Waals surface area contributed by atoms with E-state index in [0.29, 0.717) is 35.6 Å². The van der Waals surface area contributed by atoms with Gasteiger partial charge in [-0.1, -0.05) is 49.7 Å². The fraction of sp³-hybridized carbons (Fsp3) is 0.480. The molecule has 334 valence electrons. The molecule has 3 aromatic carbocycles. The molecule has 1 atom stereocenters. The third-order valence-electron chi connectivity index (χ3n) is 14.6. The Bertz CT molecular complexity index is 2610. The summed E-state index contributed by atoms with van der Waals surface area (Å²) >= 11 is 6.33. The van der Waals surface area contributed by atoms with Crippen LogP contribution in [0.3, 0.4) is 0 Å². The molecular weight excluding hydrogens is 826 g/mol. The van der Waals surface area contributed by atoms with Crippen LogP contribution in [0.5, 0.6) is 5.75 Å². The number of nitrogens with zero attached hydrogens (tertiary/aromatic N) is 8. The minimum absolute atomic E-state index is 0.222. The average molecular weight is 885 g/mol. The highest BCUT2D eigenvalue weighted by atomic mass is 35.5. The summed E-state index contributed by atoms with van der Waals surface area (Å²) in [6, 6.07) is 20.9. The molecule has 0 radical (unpaired) electrons. The van der Waals surface area contributed by atoms with Crippen molar-refractivity contribution in [2.24, 2.45) is 24.8 Å². The number of likely N-dealkylation sites (tertiary alicyclic amines) is 1. The predicted molar refractivity (Wildman–Crippen MR) is 250 cm³/mol. The molecule has 9 rings (SSSR count). The number of hydrogen-bond donors (Lipinski definition) is 1. The second-order valence-electron chi connectivity index (χ2n) is 18.8. The number of imidazole rings is 1. The van der Waals surface area contributed by atoms with E-state index in [4.69, 9.17) is 27.9 Å². The van der Waals surface area contributed by atoms with Crippen LogP contribution in [0.1, 0.15) is 88.1 Å². The van der Waals surface area contributed by atoms with E-state index in [9.17, 15) is 14.4 Å². The molecule has 0 spiro atoms. The number of para-hydroxylation sites is 1. The lowest BCUT2D eigenvalue weighted by molar-refractivity contribution is -0.135. The number of hydrogen-bond acceptors (Lipinski definition) is 9. The summed E-state index contributed by atoms with van der Waals surface area (Å²) in [6.45, 7) is 19.3. The molecule has 4 saturated heterocycles. The minimum Gasteiger partial charge on any atom is -0.487 e. The number of imide groups is 1. The van der Waals surface area contributed by atoms with Crippen molar-refractivity contribution in [1.29, 1.82) is 0 Å². The first-order valence-electron chi connectivity index (χ1n) is 22.9. The Balaban J connectivity index is 0.718. The van der Waals surface area contributed by atoms with Gasteiger partial charge in [-0.15, -0.1) is 0 Å². The molecular formula is C50H58ClN9O4. The summed E-state index contributed by atoms with van der Waals surface area (Å²) in [6.07, 6.45) is 9.45. The van der Waals surface area contributed by atoms with Crippen molar-refractivity contribution in [1.82, 2.24) is 29.3 Å². The van der Waals surface area contributed by atoms with Crippen LogP contribution in [-0.4, -0.2) is 81.6 Å². The second kappa shape index (κ2) is 18.4. The van der Waals surface area contributed by atoms with Crippen LogP contribution in [0.15, 0.2) is 77.7 Å². The lowest BCUT2D eigenvalue weighted by atomic mass is 9.78. The lowest BCUT2D eigenvalue weighted by Crippen LogP contribution is -2.44. The van der Waals surface area contributed by atoms with Crippen molar-refractivity contribution in [2.45, 2.75) is 83.3 Å². The summed E-state index contributed by atoms with van der Waals surface area (Å²) in [5.41, 5.74) is 5.58. The molecule has 13 nitrogen and oxygen atoms in total. The number of nitrogens with one attached hydrogen (secondary N) is 1.